The number of rotatable bonds is 3. The third kappa shape index (κ3) is 2.90. The van der Waals surface area contributed by atoms with Gasteiger partial charge >= 0.3 is 0 Å². The lowest BCUT2D eigenvalue weighted by molar-refractivity contribution is 0.304. The van der Waals surface area contributed by atoms with E-state index in [1.807, 2.05) is 0 Å². The molecule has 3 aliphatic carbocycles. The number of guanidine groups is 1. The van der Waals surface area contributed by atoms with Crippen molar-refractivity contribution >= 4 is 5.96 Å². The van der Waals surface area contributed by atoms with E-state index in [0.29, 0.717) is 12.0 Å². The van der Waals surface area contributed by atoms with E-state index in [1.54, 1.807) is 0 Å². The zero-order chi connectivity index (χ0) is 17.7. The van der Waals surface area contributed by atoms with Crippen LogP contribution in [0.2, 0.25) is 0 Å². The summed E-state index contributed by atoms with van der Waals surface area (Å²) in [7, 11) is 0. The second-order valence-corrected chi connectivity index (χ2v) is 8.72. The minimum absolute atomic E-state index is 0.331. The second-order valence-electron chi connectivity index (χ2n) is 8.72. The summed E-state index contributed by atoms with van der Waals surface area (Å²) in [4.78, 5) is 4.31. The summed E-state index contributed by atoms with van der Waals surface area (Å²) in [6.07, 6.45) is 10.5. The SMILES string of the molecule is NC1=NC(N)(c2ccc3c(c2)CCC(NC2CC4CCC2C4)CC3)NN1. The summed E-state index contributed by atoms with van der Waals surface area (Å²) in [6.45, 7) is 0. The molecule has 26 heavy (non-hydrogen) atoms. The standard InChI is InChI=1S/C20H30N6/c21-19-24-20(22,26-25-19)16-6-3-13-4-7-17(8-5-14(13)11-16)23-18-10-12-1-2-15(18)9-12/h3,6,11-12,15,17-18,23,26H,1-2,4-5,7-10,22H2,(H3,21,24,25). The summed E-state index contributed by atoms with van der Waals surface area (Å²) < 4.78 is 0. The van der Waals surface area contributed by atoms with Crippen molar-refractivity contribution in [2.45, 2.75) is 69.2 Å². The Kier molecular flexibility index (Phi) is 3.95. The molecule has 2 bridgehead atoms. The first kappa shape index (κ1) is 16.5. The summed E-state index contributed by atoms with van der Waals surface area (Å²) in [5.74, 6) is 1.31. The molecule has 6 nitrogen and oxygen atoms in total. The number of hydrogen-bond donors (Lipinski definition) is 5. The number of benzene rings is 1. The van der Waals surface area contributed by atoms with Gasteiger partial charge in [-0.25, -0.2) is 4.99 Å². The molecule has 5 unspecified atom stereocenters. The molecule has 2 fully saturated rings. The van der Waals surface area contributed by atoms with E-state index in [9.17, 15) is 0 Å². The highest BCUT2D eigenvalue weighted by atomic mass is 15.6. The summed E-state index contributed by atoms with van der Waals surface area (Å²) >= 11 is 0. The molecule has 2 saturated carbocycles. The van der Waals surface area contributed by atoms with Crippen LogP contribution in [0.25, 0.3) is 0 Å². The van der Waals surface area contributed by atoms with Gasteiger partial charge in [0.05, 0.1) is 0 Å². The van der Waals surface area contributed by atoms with Gasteiger partial charge in [-0.3, -0.25) is 11.2 Å². The predicted octanol–water partition coefficient (Wildman–Crippen LogP) is 1.20. The highest BCUT2D eigenvalue weighted by molar-refractivity contribution is 5.79. The molecule has 140 valence electrons. The minimum atomic E-state index is -0.966. The fourth-order valence-electron chi connectivity index (χ4n) is 5.60. The van der Waals surface area contributed by atoms with Gasteiger partial charge < -0.3 is 11.1 Å². The first-order valence-corrected chi connectivity index (χ1v) is 10.1. The third-order valence-electron chi connectivity index (χ3n) is 7.04. The van der Waals surface area contributed by atoms with E-state index in [-0.39, 0.29) is 0 Å². The Hall–Kier alpha value is -1.63. The fraction of sp³-hybridized carbons (Fsp3) is 0.650. The molecule has 5 atom stereocenters. The Labute approximate surface area is 155 Å². The van der Waals surface area contributed by atoms with Crippen LogP contribution in [0.5, 0.6) is 0 Å². The first-order valence-electron chi connectivity index (χ1n) is 10.1. The lowest BCUT2D eigenvalue weighted by Crippen LogP contribution is -2.50. The van der Waals surface area contributed by atoms with Gasteiger partial charge in [-0.15, -0.1) is 0 Å². The van der Waals surface area contributed by atoms with Crippen LogP contribution in [0, 0.1) is 11.8 Å². The van der Waals surface area contributed by atoms with Crippen molar-refractivity contribution in [3.8, 4) is 0 Å². The van der Waals surface area contributed by atoms with Crippen molar-refractivity contribution < 1.29 is 0 Å². The zero-order valence-electron chi connectivity index (χ0n) is 15.3. The Balaban J connectivity index is 1.28. The van der Waals surface area contributed by atoms with Crippen molar-refractivity contribution in [3.63, 3.8) is 0 Å². The average Bonchev–Trinajstić information content (AvgIpc) is 3.30. The van der Waals surface area contributed by atoms with Gasteiger partial charge in [0.25, 0.3) is 0 Å². The third-order valence-corrected chi connectivity index (χ3v) is 7.04. The quantitative estimate of drug-likeness (QED) is 0.525. The molecular formula is C20H30N6. The van der Waals surface area contributed by atoms with Crippen molar-refractivity contribution in [1.29, 1.82) is 0 Å². The molecule has 1 aromatic carbocycles. The number of nitrogens with two attached hydrogens (primary N) is 2. The number of nitrogens with one attached hydrogen (secondary N) is 3. The van der Waals surface area contributed by atoms with Crippen molar-refractivity contribution in [1.82, 2.24) is 16.2 Å². The van der Waals surface area contributed by atoms with Crippen LogP contribution in [-0.4, -0.2) is 18.0 Å². The number of fused-ring (bicyclic) bond motifs is 3. The van der Waals surface area contributed by atoms with Crippen LogP contribution in [0.1, 0.15) is 55.2 Å². The van der Waals surface area contributed by atoms with Crippen LogP contribution >= 0.6 is 0 Å². The van der Waals surface area contributed by atoms with E-state index in [0.717, 1.165) is 36.3 Å². The number of hydrogen-bond acceptors (Lipinski definition) is 6. The molecule has 1 heterocycles. The van der Waals surface area contributed by atoms with Gasteiger partial charge in [-0.2, -0.15) is 5.43 Å². The van der Waals surface area contributed by atoms with Crippen LogP contribution in [-0.2, 0) is 18.6 Å². The first-order chi connectivity index (χ1) is 12.6. The van der Waals surface area contributed by atoms with E-state index < -0.39 is 5.79 Å². The molecule has 0 aromatic heterocycles. The van der Waals surface area contributed by atoms with E-state index in [2.05, 4.69) is 39.4 Å². The summed E-state index contributed by atoms with van der Waals surface area (Å²) in [6, 6.07) is 7.94. The molecule has 6 heteroatoms. The van der Waals surface area contributed by atoms with Gasteiger partial charge in [0.1, 0.15) is 0 Å². The van der Waals surface area contributed by atoms with Crippen LogP contribution in [0.3, 0.4) is 0 Å². The molecular weight excluding hydrogens is 324 g/mol. The molecule has 7 N–H and O–H groups in total. The van der Waals surface area contributed by atoms with E-state index in [4.69, 9.17) is 11.5 Å². The van der Waals surface area contributed by atoms with Crippen LogP contribution in [0.4, 0.5) is 0 Å². The molecule has 0 spiro atoms. The normalized spacial score (nSPS) is 38.6. The molecule has 1 aliphatic heterocycles. The van der Waals surface area contributed by atoms with Gasteiger partial charge in [0.2, 0.25) is 11.7 Å². The van der Waals surface area contributed by atoms with E-state index in [1.165, 1.54) is 49.7 Å². The maximum atomic E-state index is 6.36. The minimum Gasteiger partial charge on any atom is -0.369 e. The van der Waals surface area contributed by atoms with Crippen LogP contribution < -0.4 is 27.6 Å². The molecule has 0 saturated heterocycles. The predicted molar refractivity (Wildman–Crippen MR) is 103 cm³/mol. The number of hydrazine groups is 1. The maximum Gasteiger partial charge on any atom is 0.209 e. The fourth-order valence-corrected chi connectivity index (χ4v) is 5.60. The Morgan fingerprint density at radius 1 is 1.08 bits per heavy atom. The molecule has 5 rings (SSSR count). The number of aryl methyl sites for hydroxylation is 2. The second kappa shape index (κ2) is 6.22. The highest BCUT2D eigenvalue weighted by Crippen LogP contribution is 2.44. The van der Waals surface area contributed by atoms with Gasteiger partial charge in [-0.05, 0) is 67.9 Å². The Morgan fingerprint density at radius 2 is 1.92 bits per heavy atom. The number of nitrogens with zero attached hydrogens (tertiary/aromatic N) is 1. The number of aliphatic imine (C=N–C) groups is 1. The monoisotopic (exact) mass is 354 g/mol. The lowest BCUT2D eigenvalue weighted by atomic mass is 9.94. The molecule has 4 aliphatic rings. The van der Waals surface area contributed by atoms with Crippen LogP contribution in [0.15, 0.2) is 23.2 Å². The van der Waals surface area contributed by atoms with Gasteiger partial charge in [0.15, 0.2) is 0 Å². The maximum absolute atomic E-state index is 6.36. The summed E-state index contributed by atoms with van der Waals surface area (Å²) in [5, 5.41) is 4.02. The lowest BCUT2D eigenvalue weighted by Gasteiger charge is -2.28. The summed E-state index contributed by atoms with van der Waals surface area (Å²) in [5.41, 5.74) is 21.7. The Bertz CT molecular complexity index is 731. The van der Waals surface area contributed by atoms with Gasteiger partial charge in [0, 0.05) is 17.6 Å². The Morgan fingerprint density at radius 3 is 2.62 bits per heavy atom. The molecule has 1 aromatic rings. The largest absolute Gasteiger partial charge is 0.369 e. The molecule has 0 radical (unpaired) electrons. The van der Waals surface area contributed by atoms with Crippen molar-refractivity contribution in [3.05, 3.63) is 34.9 Å². The highest BCUT2D eigenvalue weighted by Gasteiger charge is 2.40. The van der Waals surface area contributed by atoms with Crippen molar-refractivity contribution in [2.24, 2.45) is 28.3 Å². The van der Waals surface area contributed by atoms with Crippen molar-refractivity contribution in [2.75, 3.05) is 0 Å². The topological polar surface area (TPSA) is 100 Å². The zero-order valence-corrected chi connectivity index (χ0v) is 15.3. The van der Waals surface area contributed by atoms with Gasteiger partial charge in [-0.1, -0.05) is 24.6 Å². The average molecular weight is 355 g/mol. The molecule has 0 amide bonds. The smallest absolute Gasteiger partial charge is 0.209 e. The van der Waals surface area contributed by atoms with E-state index >= 15 is 0 Å².